The van der Waals surface area contributed by atoms with Gasteiger partial charge in [0.05, 0.1) is 0 Å². The summed E-state index contributed by atoms with van der Waals surface area (Å²) in [5, 5.41) is 3.34. The zero-order valence-electron chi connectivity index (χ0n) is 8.25. The minimum atomic E-state index is 0.354. The third kappa shape index (κ3) is 2.99. The number of hydrogen-bond acceptors (Lipinski definition) is 2. The van der Waals surface area contributed by atoms with Crippen LogP contribution in [-0.4, -0.2) is 11.0 Å². The Kier molecular flexibility index (Phi) is 3.65. The summed E-state index contributed by atoms with van der Waals surface area (Å²) < 4.78 is 0. The Balaban J connectivity index is 2.54. The smallest absolute Gasteiger partial charge is 0.0300 e. The van der Waals surface area contributed by atoms with Crippen LogP contribution in [0.4, 0.5) is 0 Å². The van der Waals surface area contributed by atoms with E-state index in [1.807, 2.05) is 24.5 Å². The van der Waals surface area contributed by atoms with Crippen molar-refractivity contribution >= 4 is 0 Å². The molecular weight excluding hydrogens is 160 g/mol. The fraction of sp³-hybridized carbons (Fsp3) is 0.364. The minimum absolute atomic E-state index is 0.354. The molecule has 1 N–H and O–H groups in total. The molecule has 0 saturated carbocycles. The van der Waals surface area contributed by atoms with Crippen LogP contribution in [0.5, 0.6) is 0 Å². The number of nitrogens with one attached hydrogen (secondary N) is 1. The fourth-order valence-corrected chi connectivity index (χ4v) is 1.05. The van der Waals surface area contributed by atoms with Gasteiger partial charge < -0.3 is 5.32 Å². The van der Waals surface area contributed by atoms with Gasteiger partial charge in [0.15, 0.2) is 0 Å². The summed E-state index contributed by atoms with van der Waals surface area (Å²) in [5.74, 6) is 0. The SMILES string of the molecule is C=CC(C)NCc1ccncc1C. The van der Waals surface area contributed by atoms with Crippen LogP contribution in [-0.2, 0) is 6.54 Å². The first-order chi connectivity index (χ1) is 6.24. The maximum absolute atomic E-state index is 4.04. The lowest BCUT2D eigenvalue weighted by atomic mass is 10.1. The lowest BCUT2D eigenvalue weighted by Gasteiger charge is -2.10. The molecule has 1 atom stereocenters. The highest BCUT2D eigenvalue weighted by atomic mass is 14.9. The summed E-state index contributed by atoms with van der Waals surface area (Å²) in [5.41, 5.74) is 2.52. The molecule has 0 aromatic carbocycles. The molecule has 0 aliphatic carbocycles. The van der Waals surface area contributed by atoms with Crippen LogP contribution in [0.2, 0.25) is 0 Å². The molecule has 0 aliphatic heterocycles. The van der Waals surface area contributed by atoms with Crippen molar-refractivity contribution in [3.63, 3.8) is 0 Å². The summed E-state index contributed by atoms with van der Waals surface area (Å²) in [7, 11) is 0. The Morgan fingerprint density at radius 1 is 1.69 bits per heavy atom. The van der Waals surface area contributed by atoms with E-state index >= 15 is 0 Å². The molecule has 0 spiro atoms. The maximum atomic E-state index is 4.04. The van der Waals surface area contributed by atoms with Gasteiger partial charge in [0.25, 0.3) is 0 Å². The molecule has 0 amide bonds. The van der Waals surface area contributed by atoms with Gasteiger partial charge in [-0.25, -0.2) is 0 Å². The molecule has 2 heteroatoms. The molecular formula is C11H16N2. The van der Waals surface area contributed by atoms with E-state index in [9.17, 15) is 0 Å². The van der Waals surface area contributed by atoms with Gasteiger partial charge in [-0.3, -0.25) is 4.98 Å². The molecule has 0 fully saturated rings. The summed E-state index contributed by atoms with van der Waals surface area (Å²) in [4.78, 5) is 4.04. The first kappa shape index (κ1) is 9.93. The monoisotopic (exact) mass is 176 g/mol. The first-order valence-electron chi connectivity index (χ1n) is 4.49. The van der Waals surface area contributed by atoms with E-state index in [-0.39, 0.29) is 0 Å². The zero-order chi connectivity index (χ0) is 9.68. The Morgan fingerprint density at radius 3 is 3.08 bits per heavy atom. The van der Waals surface area contributed by atoms with Gasteiger partial charge in [0, 0.05) is 25.0 Å². The van der Waals surface area contributed by atoms with Gasteiger partial charge in [-0.05, 0) is 31.0 Å². The standard InChI is InChI=1S/C11H16N2/c1-4-10(3)13-8-11-5-6-12-7-9(11)2/h4-7,10,13H,1,8H2,2-3H3. The molecule has 0 aliphatic rings. The molecule has 13 heavy (non-hydrogen) atoms. The van der Waals surface area contributed by atoms with Crippen molar-refractivity contribution in [1.29, 1.82) is 0 Å². The first-order valence-corrected chi connectivity index (χ1v) is 4.49. The van der Waals surface area contributed by atoms with Gasteiger partial charge in [-0.1, -0.05) is 6.08 Å². The van der Waals surface area contributed by atoms with Gasteiger partial charge in [-0.15, -0.1) is 6.58 Å². The summed E-state index contributed by atoms with van der Waals surface area (Å²) in [6.07, 6.45) is 5.61. The van der Waals surface area contributed by atoms with E-state index in [0.29, 0.717) is 6.04 Å². The Hall–Kier alpha value is -1.15. The van der Waals surface area contributed by atoms with Crippen molar-refractivity contribution in [3.05, 3.63) is 42.2 Å². The van der Waals surface area contributed by atoms with E-state index < -0.39 is 0 Å². The molecule has 0 bridgehead atoms. The van der Waals surface area contributed by atoms with Gasteiger partial charge in [-0.2, -0.15) is 0 Å². The van der Waals surface area contributed by atoms with E-state index in [4.69, 9.17) is 0 Å². The Labute approximate surface area is 79.7 Å². The maximum Gasteiger partial charge on any atom is 0.0300 e. The molecule has 1 heterocycles. The zero-order valence-corrected chi connectivity index (χ0v) is 8.25. The third-order valence-corrected chi connectivity index (χ3v) is 2.10. The lowest BCUT2D eigenvalue weighted by molar-refractivity contribution is 0.632. The normalized spacial score (nSPS) is 12.5. The van der Waals surface area contributed by atoms with Crippen molar-refractivity contribution in [3.8, 4) is 0 Å². The van der Waals surface area contributed by atoms with E-state index in [1.165, 1.54) is 11.1 Å². The molecule has 1 aromatic rings. The number of hydrogen-bond donors (Lipinski definition) is 1. The highest BCUT2D eigenvalue weighted by Gasteiger charge is 1.98. The van der Waals surface area contributed by atoms with E-state index in [2.05, 4.69) is 30.7 Å². The minimum Gasteiger partial charge on any atom is -0.307 e. The molecule has 1 aromatic heterocycles. The Bertz CT molecular complexity index is 281. The van der Waals surface area contributed by atoms with Crippen LogP contribution in [0.1, 0.15) is 18.1 Å². The van der Waals surface area contributed by atoms with Crippen LogP contribution in [0.3, 0.4) is 0 Å². The topological polar surface area (TPSA) is 24.9 Å². The predicted molar refractivity (Wildman–Crippen MR) is 55.5 cm³/mol. The molecule has 1 rings (SSSR count). The second-order valence-corrected chi connectivity index (χ2v) is 3.21. The molecule has 0 radical (unpaired) electrons. The van der Waals surface area contributed by atoms with Gasteiger partial charge in [0.2, 0.25) is 0 Å². The molecule has 70 valence electrons. The molecule has 2 nitrogen and oxygen atoms in total. The predicted octanol–water partition coefficient (Wildman–Crippen LogP) is 2.05. The number of rotatable bonds is 4. The number of aryl methyl sites for hydroxylation is 1. The number of aromatic nitrogens is 1. The van der Waals surface area contributed by atoms with Gasteiger partial charge >= 0.3 is 0 Å². The number of pyridine rings is 1. The van der Waals surface area contributed by atoms with Crippen molar-refractivity contribution in [1.82, 2.24) is 10.3 Å². The second-order valence-electron chi connectivity index (χ2n) is 3.21. The van der Waals surface area contributed by atoms with Crippen molar-refractivity contribution in [2.24, 2.45) is 0 Å². The summed E-state index contributed by atoms with van der Waals surface area (Å²) in [6, 6.07) is 2.39. The highest BCUT2D eigenvalue weighted by molar-refractivity contribution is 5.21. The van der Waals surface area contributed by atoms with Crippen LogP contribution in [0.25, 0.3) is 0 Å². The van der Waals surface area contributed by atoms with Crippen LogP contribution >= 0.6 is 0 Å². The summed E-state index contributed by atoms with van der Waals surface area (Å²) in [6.45, 7) is 8.76. The van der Waals surface area contributed by atoms with Crippen molar-refractivity contribution in [2.75, 3.05) is 0 Å². The Morgan fingerprint density at radius 2 is 2.46 bits per heavy atom. The van der Waals surface area contributed by atoms with Crippen LogP contribution < -0.4 is 5.32 Å². The van der Waals surface area contributed by atoms with Crippen molar-refractivity contribution in [2.45, 2.75) is 26.4 Å². The van der Waals surface area contributed by atoms with Crippen LogP contribution in [0.15, 0.2) is 31.1 Å². The fourth-order valence-electron chi connectivity index (χ4n) is 1.05. The molecule has 0 saturated heterocycles. The third-order valence-electron chi connectivity index (χ3n) is 2.10. The van der Waals surface area contributed by atoms with Gasteiger partial charge in [0.1, 0.15) is 0 Å². The molecule has 1 unspecified atom stereocenters. The highest BCUT2D eigenvalue weighted by Crippen LogP contribution is 2.04. The lowest BCUT2D eigenvalue weighted by Crippen LogP contribution is -2.23. The number of nitrogens with zero attached hydrogens (tertiary/aromatic N) is 1. The largest absolute Gasteiger partial charge is 0.307 e. The second kappa shape index (κ2) is 4.77. The average molecular weight is 176 g/mol. The summed E-state index contributed by atoms with van der Waals surface area (Å²) >= 11 is 0. The van der Waals surface area contributed by atoms with E-state index in [0.717, 1.165) is 6.54 Å². The van der Waals surface area contributed by atoms with Crippen LogP contribution in [0, 0.1) is 6.92 Å². The average Bonchev–Trinajstić information content (AvgIpc) is 2.16. The van der Waals surface area contributed by atoms with E-state index in [1.54, 1.807) is 0 Å². The quantitative estimate of drug-likeness (QED) is 0.710. The van der Waals surface area contributed by atoms with Crippen molar-refractivity contribution < 1.29 is 0 Å².